The average Bonchev–Trinajstić information content (AvgIpc) is 2.78. The van der Waals surface area contributed by atoms with Gasteiger partial charge >= 0.3 is 12.1 Å². The minimum absolute atomic E-state index is 0.196. The van der Waals surface area contributed by atoms with Crippen molar-refractivity contribution in [1.82, 2.24) is 25.1 Å². The molecule has 33 heavy (non-hydrogen) atoms. The molecule has 0 spiro atoms. The number of nitriles is 1. The molecule has 2 aromatic rings. The number of alkyl halides is 3. The number of hydrogen-bond donors (Lipinski definition) is 2. The van der Waals surface area contributed by atoms with Gasteiger partial charge in [-0.3, -0.25) is 0 Å². The number of anilines is 2. The number of aromatic carboxylic acids is 1. The number of nitrogens with zero attached hydrogens (tertiary/aromatic N) is 6. The topological polar surface area (TPSA) is 128 Å². The molecule has 1 aliphatic rings. The first kappa shape index (κ1) is 23.6. The highest BCUT2D eigenvalue weighted by atomic mass is 19.4. The van der Waals surface area contributed by atoms with Gasteiger partial charge < -0.3 is 15.3 Å². The molecule has 12 heteroatoms. The predicted octanol–water partition coefficient (Wildman–Crippen LogP) is 3.76. The van der Waals surface area contributed by atoms with Crippen LogP contribution in [0.1, 0.15) is 41.5 Å². The average molecular weight is 459 g/mol. The maximum atomic E-state index is 13.3. The zero-order valence-electron chi connectivity index (χ0n) is 17.6. The van der Waals surface area contributed by atoms with E-state index in [0.717, 1.165) is 11.6 Å². The molecule has 0 bridgehead atoms. The molecule has 0 saturated carbocycles. The van der Waals surface area contributed by atoms with E-state index in [1.54, 1.807) is 17.0 Å². The van der Waals surface area contributed by atoms with Crippen molar-refractivity contribution in [2.24, 2.45) is 0 Å². The van der Waals surface area contributed by atoms with Crippen LogP contribution >= 0.6 is 0 Å². The monoisotopic (exact) mass is 459 g/mol. The number of carboxylic acid groups (broad SMARTS) is 1. The fourth-order valence-electron chi connectivity index (χ4n) is 3.30. The number of halogens is 3. The Hall–Kier alpha value is -4.01. The Morgan fingerprint density at radius 1 is 1.33 bits per heavy atom. The van der Waals surface area contributed by atoms with E-state index in [0.29, 0.717) is 42.4 Å². The summed E-state index contributed by atoms with van der Waals surface area (Å²) < 4.78 is 39.9. The number of carbonyl (C=O) groups is 1. The van der Waals surface area contributed by atoms with Gasteiger partial charge in [0.15, 0.2) is 11.5 Å². The first-order chi connectivity index (χ1) is 15.7. The highest BCUT2D eigenvalue weighted by Crippen LogP contribution is 2.32. The molecule has 0 amide bonds. The van der Waals surface area contributed by atoms with Crippen molar-refractivity contribution in [1.29, 1.82) is 5.26 Å². The Morgan fingerprint density at radius 3 is 2.73 bits per heavy atom. The van der Waals surface area contributed by atoms with Gasteiger partial charge in [-0.05, 0) is 31.1 Å². The number of hydrogen-bond acceptors (Lipinski definition) is 8. The van der Waals surface area contributed by atoms with Crippen molar-refractivity contribution >= 4 is 17.6 Å². The first-order valence-corrected chi connectivity index (χ1v) is 9.99. The van der Waals surface area contributed by atoms with Gasteiger partial charge in [-0.1, -0.05) is 13.0 Å². The van der Waals surface area contributed by atoms with Crippen LogP contribution in [0.25, 0.3) is 0 Å². The molecule has 0 aromatic carbocycles. The summed E-state index contributed by atoms with van der Waals surface area (Å²) in [5, 5.41) is 28.1. The van der Waals surface area contributed by atoms with E-state index in [1.807, 2.05) is 6.92 Å². The van der Waals surface area contributed by atoms with Gasteiger partial charge in [-0.2, -0.15) is 18.4 Å². The molecule has 2 N–H and O–H groups in total. The molecule has 0 atom stereocenters. The summed E-state index contributed by atoms with van der Waals surface area (Å²) in [5.41, 5.74) is 0.709. The Balaban J connectivity index is 1.84. The van der Waals surface area contributed by atoms with Crippen molar-refractivity contribution in [2.45, 2.75) is 38.9 Å². The third-order valence-electron chi connectivity index (χ3n) is 4.87. The van der Waals surface area contributed by atoms with Crippen molar-refractivity contribution in [3.8, 4) is 6.07 Å². The fourth-order valence-corrected chi connectivity index (χ4v) is 3.30. The minimum atomic E-state index is -4.59. The summed E-state index contributed by atoms with van der Waals surface area (Å²) in [6.45, 7) is 2.50. The van der Waals surface area contributed by atoms with E-state index >= 15 is 0 Å². The van der Waals surface area contributed by atoms with Crippen LogP contribution in [0.3, 0.4) is 0 Å². The quantitative estimate of drug-likeness (QED) is 0.595. The van der Waals surface area contributed by atoms with Crippen LogP contribution in [0.4, 0.5) is 24.8 Å². The Kier molecular flexibility index (Phi) is 7.22. The molecule has 2 aromatic heterocycles. The van der Waals surface area contributed by atoms with Crippen LogP contribution < -0.4 is 5.32 Å². The van der Waals surface area contributed by atoms with E-state index < -0.39 is 24.1 Å². The van der Waals surface area contributed by atoms with Crippen LogP contribution in [0.15, 0.2) is 41.9 Å². The predicted molar refractivity (Wildman–Crippen MR) is 111 cm³/mol. The molecule has 0 radical (unpaired) electrons. The molecule has 0 saturated heterocycles. The lowest BCUT2D eigenvalue weighted by atomic mass is 10.0. The van der Waals surface area contributed by atoms with Crippen LogP contribution in [-0.4, -0.2) is 48.9 Å². The minimum Gasteiger partial charge on any atom is -0.476 e. The lowest BCUT2D eigenvalue weighted by molar-refractivity contribution is -0.0929. The zero-order valence-corrected chi connectivity index (χ0v) is 17.6. The van der Waals surface area contributed by atoms with Gasteiger partial charge in [0.05, 0.1) is 24.7 Å². The van der Waals surface area contributed by atoms with E-state index in [-0.39, 0.29) is 12.2 Å². The van der Waals surface area contributed by atoms with Crippen LogP contribution in [-0.2, 0) is 13.0 Å². The summed E-state index contributed by atoms with van der Waals surface area (Å²) >= 11 is 0. The van der Waals surface area contributed by atoms with Crippen molar-refractivity contribution in [3.63, 3.8) is 0 Å². The second-order valence-electron chi connectivity index (χ2n) is 7.09. The molecule has 9 nitrogen and oxygen atoms in total. The SMILES string of the molecule is CC/C=C(\C=C(/CC#N)C(F)(F)F)N1CCc2c(ncnc2Nc2ccc(C(=O)O)nn2)C1. The second-order valence-corrected chi connectivity index (χ2v) is 7.09. The molecular weight excluding hydrogens is 439 g/mol. The van der Waals surface area contributed by atoms with Crippen LogP contribution in [0.2, 0.25) is 0 Å². The Morgan fingerprint density at radius 2 is 2.12 bits per heavy atom. The first-order valence-electron chi connectivity index (χ1n) is 9.99. The normalized spacial score (nSPS) is 14.5. The molecule has 172 valence electrons. The summed E-state index contributed by atoms with van der Waals surface area (Å²) in [4.78, 5) is 21.2. The number of fused-ring (bicyclic) bond motifs is 1. The third-order valence-corrected chi connectivity index (χ3v) is 4.87. The van der Waals surface area contributed by atoms with E-state index in [9.17, 15) is 18.0 Å². The molecule has 1 aliphatic heterocycles. The van der Waals surface area contributed by atoms with Crippen molar-refractivity contribution < 1.29 is 23.1 Å². The van der Waals surface area contributed by atoms with Crippen molar-refractivity contribution in [2.75, 3.05) is 11.9 Å². The van der Waals surface area contributed by atoms with Crippen molar-refractivity contribution in [3.05, 3.63) is 58.8 Å². The van der Waals surface area contributed by atoms with Gasteiger partial charge in [0.2, 0.25) is 0 Å². The van der Waals surface area contributed by atoms with Gasteiger partial charge in [-0.15, -0.1) is 10.2 Å². The lowest BCUT2D eigenvalue weighted by Gasteiger charge is -2.32. The maximum Gasteiger partial charge on any atom is 0.413 e. The number of aromatic nitrogens is 4. The summed E-state index contributed by atoms with van der Waals surface area (Å²) in [5.74, 6) is -0.430. The molecule has 3 rings (SSSR count). The third kappa shape index (κ3) is 5.82. The largest absolute Gasteiger partial charge is 0.476 e. The fraction of sp³-hybridized carbons (Fsp3) is 0.333. The number of rotatable bonds is 7. The molecular formula is C21H20F3N7O2. The van der Waals surface area contributed by atoms with Gasteiger partial charge in [0.25, 0.3) is 0 Å². The second kappa shape index (κ2) is 10.1. The zero-order chi connectivity index (χ0) is 24.0. The summed E-state index contributed by atoms with van der Waals surface area (Å²) in [7, 11) is 0. The smallest absolute Gasteiger partial charge is 0.413 e. The van der Waals surface area contributed by atoms with Gasteiger partial charge in [-0.25, -0.2) is 14.8 Å². The van der Waals surface area contributed by atoms with Crippen LogP contribution in [0.5, 0.6) is 0 Å². The van der Waals surface area contributed by atoms with E-state index in [2.05, 4.69) is 25.5 Å². The molecule has 0 fully saturated rings. The highest BCUT2D eigenvalue weighted by Gasteiger charge is 2.34. The lowest BCUT2D eigenvalue weighted by Crippen LogP contribution is -2.31. The number of allylic oxidation sites excluding steroid dienone is 3. The van der Waals surface area contributed by atoms with Gasteiger partial charge in [0, 0.05) is 23.4 Å². The summed E-state index contributed by atoms with van der Waals surface area (Å²) in [6, 6.07) is 4.34. The molecule has 0 unspecified atom stereocenters. The number of carboxylic acids is 1. The molecule has 3 heterocycles. The van der Waals surface area contributed by atoms with Crippen LogP contribution in [0, 0.1) is 11.3 Å². The number of nitrogens with one attached hydrogen (secondary N) is 1. The Labute approximate surface area is 187 Å². The van der Waals surface area contributed by atoms with Gasteiger partial charge in [0.1, 0.15) is 12.1 Å². The Bertz CT molecular complexity index is 1120. The van der Waals surface area contributed by atoms with E-state index in [4.69, 9.17) is 10.4 Å². The summed E-state index contributed by atoms with van der Waals surface area (Å²) in [6.07, 6.45) is -0.299. The highest BCUT2D eigenvalue weighted by molar-refractivity contribution is 5.85. The standard InChI is InChI=1S/C21H20F3N7O2/c1-2-3-14(10-13(6-8-25)21(22,23)24)31-9-7-15-17(11-31)26-12-27-19(15)28-18-5-4-16(20(32)33)29-30-18/h3-5,10,12H,2,6-7,9,11H2,1H3,(H,32,33)(H,26,27,28,30)/b13-10+,14-3+. The maximum absolute atomic E-state index is 13.3. The van der Waals surface area contributed by atoms with E-state index in [1.165, 1.54) is 18.5 Å². The molecule has 0 aliphatic carbocycles.